The molecular formula is C18H20N4O5S. The highest BCUT2D eigenvalue weighted by Gasteiger charge is 2.31. The molecule has 2 N–H and O–H groups in total. The van der Waals surface area contributed by atoms with Gasteiger partial charge in [0, 0.05) is 32.2 Å². The molecule has 1 fully saturated rings. The Kier molecular flexibility index (Phi) is 4.68. The van der Waals surface area contributed by atoms with Gasteiger partial charge in [0.1, 0.15) is 5.69 Å². The monoisotopic (exact) mass is 404 g/mol. The molecule has 28 heavy (non-hydrogen) atoms. The molecule has 0 radical (unpaired) electrons. The van der Waals surface area contributed by atoms with Crippen molar-refractivity contribution >= 4 is 15.9 Å². The van der Waals surface area contributed by atoms with Gasteiger partial charge in [-0.1, -0.05) is 6.07 Å². The third kappa shape index (κ3) is 3.40. The number of benzene rings is 1. The Balaban J connectivity index is 1.48. The highest BCUT2D eigenvalue weighted by atomic mass is 32.2. The van der Waals surface area contributed by atoms with Crippen LogP contribution in [0.1, 0.15) is 28.0 Å². The molecule has 1 amide bonds. The van der Waals surface area contributed by atoms with Gasteiger partial charge in [-0.05, 0) is 42.5 Å². The van der Waals surface area contributed by atoms with E-state index in [2.05, 4.69) is 4.98 Å². The minimum Gasteiger partial charge on any atom is -0.335 e. The van der Waals surface area contributed by atoms with Gasteiger partial charge in [0.05, 0.1) is 4.90 Å². The molecule has 2 aromatic rings. The van der Waals surface area contributed by atoms with Crippen LogP contribution in [0.5, 0.6) is 0 Å². The van der Waals surface area contributed by atoms with Gasteiger partial charge in [-0.2, -0.15) is 4.31 Å². The summed E-state index contributed by atoms with van der Waals surface area (Å²) in [5.74, 6) is -0.502. The van der Waals surface area contributed by atoms with E-state index in [-0.39, 0.29) is 36.8 Å². The zero-order chi connectivity index (χ0) is 19.9. The van der Waals surface area contributed by atoms with Crippen LogP contribution in [0.3, 0.4) is 0 Å². The predicted octanol–water partition coefficient (Wildman–Crippen LogP) is -0.301. The Hall–Kier alpha value is -2.72. The summed E-state index contributed by atoms with van der Waals surface area (Å²) in [6.45, 7) is 0.660. The lowest BCUT2D eigenvalue weighted by molar-refractivity contribution is 0.0691. The van der Waals surface area contributed by atoms with E-state index in [0.717, 1.165) is 30.9 Å². The van der Waals surface area contributed by atoms with Crippen molar-refractivity contribution in [2.75, 3.05) is 26.2 Å². The molecule has 0 spiro atoms. The molecule has 0 atom stereocenters. The van der Waals surface area contributed by atoms with E-state index < -0.39 is 27.2 Å². The number of H-pyrrole nitrogens is 2. The third-order valence-corrected chi connectivity index (χ3v) is 7.12. The molecule has 1 saturated heterocycles. The average molecular weight is 404 g/mol. The van der Waals surface area contributed by atoms with Crippen molar-refractivity contribution in [2.24, 2.45) is 0 Å². The summed E-state index contributed by atoms with van der Waals surface area (Å²) >= 11 is 0. The molecule has 2 heterocycles. The van der Waals surface area contributed by atoms with Gasteiger partial charge in [0.15, 0.2) is 0 Å². The summed E-state index contributed by atoms with van der Waals surface area (Å²) in [6.07, 6.45) is 2.93. The molecule has 0 saturated carbocycles. The van der Waals surface area contributed by atoms with Gasteiger partial charge >= 0.3 is 5.69 Å². The number of carbonyl (C=O) groups excluding carboxylic acids is 1. The lowest BCUT2D eigenvalue weighted by atomic mass is 10.1. The van der Waals surface area contributed by atoms with Crippen LogP contribution in [-0.4, -0.2) is 59.7 Å². The summed E-state index contributed by atoms with van der Waals surface area (Å²) in [5.41, 5.74) is 0.775. The molecule has 2 aliphatic rings. The maximum absolute atomic E-state index is 13.0. The van der Waals surface area contributed by atoms with Crippen molar-refractivity contribution in [1.29, 1.82) is 0 Å². The molecule has 1 aliphatic carbocycles. The topological polar surface area (TPSA) is 123 Å². The molecule has 0 bridgehead atoms. The summed E-state index contributed by atoms with van der Waals surface area (Å²) in [5, 5.41) is 0. The molecule has 4 rings (SSSR count). The van der Waals surface area contributed by atoms with Crippen LogP contribution in [0.2, 0.25) is 0 Å². The summed E-state index contributed by atoms with van der Waals surface area (Å²) in [4.78, 5) is 41.3. The van der Waals surface area contributed by atoms with Crippen LogP contribution < -0.4 is 11.2 Å². The minimum atomic E-state index is -3.63. The lowest BCUT2D eigenvalue weighted by Gasteiger charge is -2.34. The van der Waals surface area contributed by atoms with Crippen LogP contribution >= 0.6 is 0 Å². The van der Waals surface area contributed by atoms with E-state index >= 15 is 0 Å². The number of sulfonamides is 1. The van der Waals surface area contributed by atoms with Crippen molar-refractivity contribution in [2.45, 2.75) is 24.2 Å². The fourth-order valence-electron chi connectivity index (χ4n) is 3.74. The van der Waals surface area contributed by atoms with E-state index in [0.29, 0.717) is 0 Å². The number of aryl methyl sites for hydroxylation is 2. The Labute approximate surface area is 161 Å². The van der Waals surface area contributed by atoms with E-state index in [1.54, 1.807) is 12.1 Å². The number of piperazine rings is 1. The third-order valence-electron chi connectivity index (χ3n) is 5.22. The van der Waals surface area contributed by atoms with Crippen LogP contribution in [0.15, 0.2) is 38.8 Å². The summed E-state index contributed by atoms with van der Waals surface area (Å²) in [6, 6.07) is 6.32. The Bertz CT molecular complexity index is 1110. The van der Waals surface area contributed by atoms with Crippen LogP contribution in [-0.2, 0) is 22.9 Å². The quantitative estimate of drug-likeness (QED) is 0.727. The number of rotatable bonds is 3. The number of hydrogen-bond acceptors (Lipinski definition) is 5. The van der Waals surface area contributed by atoms with Crippen molar-refractivity contribution in [3.63, 3.8) is 0 Å². The Morgan fingerprint density at radius 1 is 0.929 bits per heavy atom. The van der Waals surface area contributed by atoms with Crippen molar-refractivity contribution < 1.29 is 13.2 Å². The second-order valence-electron chi connectivity index (χ2n) is 6.98. The van der Waals surface area contributed by atoms with E-state index in [9.17, 15) is 22.8 Å². The van der Waals surface area contributed by atoms with E-state index in [1.807, 2.05) is 11.1 Å². The van der Waals surface area contributed by atoms with Crippen molar-refractivity contribution in [3.8, 4) is 0 Å². The number of carbonyl (C=O) groups is 1. The summed E-state index contributed by atoms with van der Waals surface area (Å²) in [7, 11) is -3.63. The highest BCUT2D eigenvalue weighted by Crippen LogP contribution is 2.26. The van der Waals surface area contributed by atoms with E-state index in [1.165, 1.54) is 14.8 Å². The van der Waals surface area contributed by atoms with Crippen LogP contribution in [0.25, 0.3) is 0 Å². The van der Waals surface area contributed by atoms with Gasteiger partial charge < -0.3 is 9.88 Å². The van der Waals surface area contributed by atoms with Crippen molar-refractivity contribution in [3.05, 3.63) is 61.9 Å². The van der Waals surface area contributed by atoms with Gasteiger partial charge in [-0.15, -0.1) is 0 Å². The Morgan fingerprint density at radius 3 is 2.36 bits per heavy atom. The number of hydrogen-bond donors (Lipinski definition) is 2. The number of nitrogens with one attached hydrogen (secondary N) is 2. The SMILES string of the molecule is O=C(c1cc(=O)[nH]c(=O)[nH]1)N1CCN(S(=O)(=O)c2ccc3c(c2)CCC3)CC1. The smallest absolute Gasteiger partial charge is 0.326 e. The average Bonchev–Trinajstić information content (AvgIpc) is 3.14. The van der Waals surface area contributed by atoms with E-state index in [4.69, 9.17) is 0 Å². The number of amides is 1. The molecular weight excluding hydrogens is 384 g/mol. The molecule has 1 aromatic carbocycles. The van der Waals surface area contributed by atoms with Gasteiger partial charge in [0.25, 0.3) is 11.5 Å². The fraction of sp³-hybridized carbons (Fsp3) is 0.389. The number of aromatic amines is 2. The fourth-order valence-corrected chi connectivity index (χ4v) is 5.22. The maximum Gasteiger partial charge on any atom is 0.326 e. The van der Waals surface area contributed by atoms with Gasteiger partial charge in [-0.3, -0.25) is 14.6 Å². The number of fused-ring (bicyclic) bond motifs is 1. The largest absolute Gasteiger partial charge is 0.335 e. The molecule has 0 unspecified atom stereocenters. The zero-order valence-electron chi connectivity index (χ0n) is 15.1. The maximum atomic E-state index is 13.0. The highest BCUT2D eigenvalue weighted by molar-refractivity contribution is 7.89. The molecule has 148 valence electrons. The second-order valence-corrected chi connectivity index (χ2v) is 8.92. The molecule has 1 aliphatic heterocycles. The Morgan fingerprint density at radius 2 is 1.64 bits per heavy atom. The zero-order valence-corrected chi connectivity index (χ0v) is 15.9. The van der Waals surface area contributed by atoms with Gasteiger partial charge in [-0.25, -0.2) is 13.2 Å². The molecule has 9 nitrogen and oxygen atoms in total. The second kappa shape index (κ2) is 7.02. The first-order chi connectivity index (χ1) is 13.3. The number of nitrogens with zero attached hydrogens (tertiary/aromatic N) is 2. The predicted molar refractivity (Wildman–Crippen MR) is 101 cm³/mol. The molecule has 1 aromatic heterocycles. The molecule has 10 heteroatoms. The first-order valence-electron chi connectivity index (χ1n) is 9.09. The minimum absolute atomic E-state index is 0.108. The van der Waals surface area contributed by atoms with Crippen LogP contribution in [0.4, 0.5) is 0 Å². The first-order valence-corrected chi connectivity index (χ1v) is 10.5. The standard InChI is InChI=1S/C18H20N4O5S/c23-16-11-15(19-18(25)20-16)17(24)21-6-8-22(9-7-21)28(26,27)14-5-4-12-2-1-3-13(12)10-14/h4-5,10-11H,1-3,6-9H2,(H2,19,20,23,25). The van der Waals surface area contributed by atoms with Gasteiger partial charge in [0.2, 0.25) is 10.0 Å². The van der Waals surface area contributed by atoms with Crippen molar-refractivity contribution in [1.82, 2.24) is 19.2 Å². The lowest BCUT2D eigenvalue weighted by Crippen LogP contribution is -2.51. The normalized spacial score (nSPS) is 17.5. The summed E-state index contributed by atoms with van der Waals surface area (Å²) < 4.78 is 27.3. The number of aromatic nitrogens is 2. The first kappa shape index (κ1) is 18.6. The van der Waals surface area contributed by atoms with Crippen LogP contribution in [0, 0.1) is 0 Å².